The molecule has 0 aliphatic carbocycles. The minimum atomic E-state index is -0.271. The number of hydrogen-bond acceptors (Lipinski definition) is 4. The second-order valence-electron chi connectivity index (χ2n) is 4.90. The first-order valence-electron chi connectivity index (χ1n) is 6.77. The van der Waals surface area contributed by atoms with Gasteiger partial charge in [0.05, 0.1) is 13.2 Å². The Morgan fingerprint density at radius 2 is 2.16 bits per heavy atom. The van der Waals surface area contributed by atoms with Crippen LogP contribution in [0.5, 0.6) is 0 Å². The smallest absolute Gasteiger partial charge is 0.244 e. The molecule has 1 fully saturated rings. The van der Waals surface area contributed by atoms with Gasteiger partial charge in [-0.25, -0.2) is 0 Å². The first-order chi connectivity index (χ1) is 9.18. The van der Waals surface area contributed by atoms with Gasteiger partial charge in [-0.3, -0.25) is 14.4 Å². The van der Waals surface area contributed by atoms with Crippen LogP contribution in [0.2, 0.25) is 0 Å². The van der Waals surface area contributed by atoms with E-state index in [1.54, 1.807) is 17.1 Å². The molecule has 0 unspecified atom stereocenters. The van der Waals surface area contributed by atoms with E-state index in [0.717, 1.165) is 26.3 Å². The van der Waals surface area contributed by atoms with Gasteiger partial charge in [0.25, 0.3) is 0 Å². The van der Waals surface area contributed by atoms with E-state index in [0.29, 0.717) is 12.6 Å². The highest BCUT2D eigenvalue weighted by Gasteiger charge is 2.19. The number of rotatable bonds is 5. The van der Waals surface area contributed by atoms with Crippen LogP contribution in [0.15, 0.2) is 18.5 Å². The van der Waals surface area contributed by atoms with Crippen LogP contribution in [-0.2, 0) is 9.53 Å². The molecule has 1 aliphatic rings. The summed E-state index contributed by atoms with van der Waals surface area (Å²) in [5.74, 6) is 0.00353. The van der Waals surface area contributed by atoms with E-state index in [4.69, 9.17) is 4.74 Å². The van der Waals surface area contributed by atoms with Crippen molar-refractivity contribution in [1.29, 1.82) is 0 Å². The number of amides is 1. The molecule has 6 nitrogen and oxygen atoms in total. The standard InChI is InChI=1S/C13H22N4O2/c1-11(16-6-8-19-9-7-16)10-14-13(18)12(2)17-5-3-4-15-17/h3-5,11-12H,6-10H2,1-2H3,(H,14,18)/t11-,12+/m0/s1. The highest BCUT2D eigenvalue weighted by Crippen LogP contribution is 2.05. The van der Waals surface area contributed by atoms with Crippen molar-refractivity contribution >= 4 is 5.91 Å². The quantitative estimate of drug-likeness (QED) is 0.831. The van der Waals surface area contributed by atoms with Gasteiger partial charge in [0, 0.05) is 38.1 Å². The Hall–Kier alpha value is -1.40. The van der Waals surface area contributed by atoms with Crippen LogP contribution in [0.4, 0.5) is 0 Å². The normalized spacial score (nSPS) is 19.9. The second-order valence-corrected chi connectivity index (χ2v) is 4.90. The van der Waals surface area contributed by atoms with Crippen LogP contribution < -0.4 is 5.32 Å². The third-order valence-electron chi connectivity index (χ3n) is 3.54. The number of morpholine rings is 1. The lowest BCUT2D eigenvalue weighted by atomic mass is 10.2. The number of nitrogens with one attached hydrogen (secondary N) is 1. The summed E-state index contributed by atoms with van der Waals surface area (Å²) in [6, 6.07) is 1.88. The first kappa shape index (κ1) is 14.0. The van der Waals surface area contributed by atoms with Crippen LogP contribution in [0.1, 0.15) is 19.9 Å². The molecule has 1 aromatic rings. The molecule has 0 bridgehead atoms. The lowest BCUT2D eigenvalue weighted by Crippen LogP contribution is -2.48. The average Bonchev–Trinajstić information content (AvgIpc) is 2.98. The number of carbonyl (C=O) groups excluding carboxylic acids is 1. The largest absolute Gasteiger partial charge is 0.379 e. The van der Waals surface area contributed by atoms with Gasteiger partial charge in [0.15, 0.2) is 0 Å². The molecule has 1 saturated heterocycles. The summed E-state index contributed by atoms with van der Waals surface area (Å²) in [6.07, 6.45) is 3.48. The van der Waals surface area contributed by atoms with Gasteiger partial charge in [0.2, 0.25) is 5.91 Å². The Bertz CT molecular complexity index is 387. The summed E-state index contributed by atoms with van der Waals surface area (Å²) in [4.78, 5) is 14.3. The molecule has 0 spiro atoms. The monoisotopic (exact) mass is 266 g/mol. The number of carbonyl (C=O) groups is 1. The molecule has 19 heavy (non-hydrogen) atoms. The van der Waals surface area contributed by atoms with E-state index >= 15 is 0 Å². The summed E-state index contributed by atoms with van der Waals surface area (Å²) >= 11 is 0. The van der Waals surface area contributed by atoms with Crippen LogP contribution in [0.3, 0.4) is 0 Å². The molecule has 2 atom stereocenters. The third-order valence-corrected chi connectivity index (χ3v) is 3.54. The zero-order chi connectivity index (χ0) is 13.7. The predicted octanol–water partition coefficient (Wildman–Crippen LogP) is 0.281. The van der Waals surface area contributed by atoms with Crippen molar-refractivity contribution in [2.75, 3.05) is 32.8 Å². The fourth-order valence-corrected chi connectivity index (χ4v) is 2.17. The van der Waals surface area contributed by atoms with Crippen molar-refractivity contribution in [3.63, 3.8) is 0 Å². The van der Waals surface area contributed by atoms with Crippen LogP contribution in [0.25, 0.3) is 0 Å². The molecule has 0 aromatic carbocycles. The van der Waals surface area contributed by atoms with Crippen molar-refractivity contribution in [1.82, 2.24) is 20.0 Å². The van der Waals surface area contributed by atoms with E-state index in [9.17, 15) is 4.79 Å². The molecule has 1 aliphatic heterocycles. The summed E-state index contributed by atoms with van der Waals surface area (Å²) in [7, 11) is 0. The lowest BCUT2D eigenvalue weighted by Gasteiger charge is -2.32. The van der Waals surface area contributed by atoms with Crippen LogP contribution >= 0.6 is 0 Å². The maximum absolute atomic E-state index is 12.0. The molecular formula is C13H22N4O2. The highest BCUT2D eigenvalue weighted by molar-refractivity contribution is 5.79. The van der Waals surface area contributed by atoms with E-state index in [-0.39, 0.29) is 11.9 Å². The summed E-state index contributed by atoms with van der Waals surface area (Å²) in [5.41, 5.74) is 0. The van der Waals surface area contributed by atoms with Crippen molar-refractivity contribution in [3.8, 4) is 0 Å². The van der Waals surface area contributed by atoms with Gasteiger partial charge in [0.1, 0.15) is 6.04 Å². The van der Waals surface area contributed by atoms with Crippen LogP contribution in [-0.4, -0.2) is 59.5 Å². The molecule has 1 amide bonds. The highest BCUT2D eigenvalue weighted by atomic mass is 16.5. The summed E-state index contributed by atoms with van der Waals surface area (Å²) in [5, 5.41) is 7.07. The fraction of sp³-hybridized carbons (Fsp3) is 0.692. The Kier molecular flexibility index (Phi) is 4.93. The van der Waals surface area contributed by atoms with Gasteiger partial charge in [-0.15, -0.1) is 0 Å². The topological polar surface area (TPSA) is 59.4 Å². The van der Waals surface area contributed by atoms with E-state index < -0.39 is 0 Å². The Morgan fingerprint density at radius 1 is 1.42 bits per heavy atom. The SMILES string of the molecule is C[C@H](C(=O)NC[C@H](C)N1CCOCC1)n1cccn1. The number of ether oxygens (including phenoxy) is 1. The van der Waals surface area contributed by atoms with Gasteiger partial charge >= 0.3 is 0 Å². The zero-order valence-electron chi connectivity index (χ0n) is 11.6. The lowest BCUT2D eigenvalue weighted by molar-refractivity contribution is -0.124. The maximum Gasteiger partial charge on any atom is 0.244 e. The minimum absolute atomic E-state index is 0.00353. The molecular weight excluding hydrogens is 244 g/mol. The van der Waals surface area contributed by atoms with Crippen LogP contribution in [0, 0.1) is 0 Å². The first-order valence-corrected chi connectivity index (χ1v) is 6.77. The Labute approximate surface area is 113 Å². The fourth-order valence-electron chi connectivity index (χ4n) is 2.17. The van der Waals surface area contributed by atoms with Crippen molar-refractivity contribution in [3.05, 3.63) is 18.5 Å². The number of hydrogen-bond donors (Lipinski definition) is 1. The maximum atomic E-state index is 12.0. The summed E-state index contributed by atoms with van der Waals surface area (Å²) < 4.78 is 6.98. The number of nitrogens with zero attached hydrogens (tertiary/aromatic N) is 3. The number of aromatic nitrogens is 2. The van der Waals surface area contributed by atoms with Crippen molar-refractivity contribution in [2.24, 2.45) is 0 Å². The molecule has 1 N–H and O–H groups in total. The van der Waals surface area contributed by atoms with Gasteiger partial charge in [-0.05, 0) is 19.9 Å². The molecule has 2 heterocycles. The average molecular weight is 266 g/mol. The molecule has 106 valence electrons. The Morgan fingerprint density at radius 3 is 2.79 bits per heavy atom. The van der Waals surface area contributed by atoms with E-state index in [1.165, 1.54) is 0 Å². The van der Waals surface area contributed by atoms with E-state index in [1.807, 2.05) is 13.0 Å². The molecule has 0 saturated carbocycles. The van der Waals surface area contributed by atoms with Gasteiger partial charge in [-0.1, -0.05) is 0 Å². The van der Waals surface area contributed by atoms with Gasteiger partial charge < -0.3 is 10.1 Å². The van der Waals surface area contributed by atoms with E-state index in [2.05, 4.69) is 22.2 Å². The molecule has 0 radical (unpaired) electrons. The second kappa shape index (κ2) is 6.68. The Balaban J connectivity index is 1.76. The molecule has 1 aromatic heterocycles. The molecule has 2 rings (SSSR count). The molecule has 6 heteroatoms. The zero-order valence-corrected chi connectivity index (χ0v) is 11.6. The van der Waals surface area contributed by atoms with Gasteiger partial charge in [-0.2, -0.15) is 5.10 Å². The van der Waals surface area contributed by atoms with Crippen molar-refractivity contribution < 1.29 is 9.53 Å². The third kappa shape index (κ3) is 3.78. The minimum Gasteiger partial charge on any atom is -0.379 e. The predicted molar refractivity (Wildman–Crippen MR) is 71.8 cm³/mol. The van der Waals surface area contributed by atoms with Crippen molar-refractivity contribution in [2.45, 2.75) is 25.9 Å². The summed E-state index contributed by atoms with van der Waals surface area (Å²) in [6.45, 7) is 8.07.